The van der Waals surface area contributed by atoms with Gasteiger partial charge in [-0.05, 0) is 12.1 Å². The summed E-state index contributed by atoms with van der Waals surface area (Å²) in [5.74, 6) is 0.438. The van der Waals surface area contributed by atoms with E-state index in [-0.39, 0.29) is 11.5 Å². The summed E-state index contributed by atoms with van der Waals surface area (Å²) in [7, 11) is 3.18. The molecular formula is C11H12N2O3S. The summed E-state index contributed by atoms with van der Waals surface area (Å²) in [6.07, 6.45) is -0.368. The van der Waals surface area contributed by atoms with Crippen LogP contribution in [0.25, 0.3) is 11.5 Å². The first-order valence-corrected chi connectivity index (χ1v) is 5.37. The van der Waals surface area contributed by atoms with Gasteiger partial charge in [-0.3, -0.25) is 0 Å². The fourth-order valence-corrected chi connectivity index (χ4v) is 1.61. The molecule has 0 unspecified atom stereocenters. The molecule has 1 aromatic carbocycles. The Kier molecular flexibility index (Phi) is 3.78. The van der Waals surface area contributed by atoms with Crippen LogP contribution in [-0.2, 0) is 9.47 Å². The van der Waals surface area contributed by atoms with Crippen molar-refractivity contribution in [3.05, 3.63) is 29.8 Å². The predicted molar refractivity (Wildman–Crippen MR) is 63.7 cm³/mol. The van der Waals surface area contributed by atoms with Gasteiger partial charge in [-0.1, -0.05) is 24.8 Å². The number of rotatable bonds is 4. The van der Waals surface area contributed by atoms with Crippen molar-refractivity contribution >= 4 is 12.6 Å². The van der Waals surface area contributed by atoms with E-state index in [1.165, 1.54) is 0 Å². The zero-order chi connectivity index (χ0) is 12.3. The summed E-state index contributed by atoms with van der Waals surface area (Å²) in [5, 5.41) is 7.77. The lowest BCUT2D eigenvalue weighted by Gasteiger charge is -2.13. The molecule has 0 aliphatic carbocycles. The minimum atomic E-state index is -0.368. The van der Waals surface area contributed by atoms with Crippen LogP contribution >= 0.6 is 12.6 Å². The highest BCUT2D eigenvalue weighted by Crippen LogP contribution is 2.23. The van der Waals surface area contributed by atoms with Gasteiger partial charge in [-0.15, -0.1) is 10.2 Å². The van der Waals surface area contributed by atoms with Gasteiger partial charge in [0.15, 0.2) is 6.29 Å². The molecule has 0 N–H and O–H groups in total. The normalized spacial score (nSPS) is 11.1. The molecule has 5 nitrogen and oxygen atoms in total. The van der Waals surface area contributed by atoms with Crippen molar-refractivity contribution in [2.24, 2.45) is 0 Å². The van der Waals surface area contributed by atoms with Gasteiger partial charge in [0.25, 0.3) is 5.22 Å². The average Bonchev–Trinajstić information content (AvgIpc) is 2.78. The second kappa shape index (κ2) is 5.31. The summed E-state index contributed by atoms with van der Waals surface area (Å²) < 4.78 is 15.5. The van der Waals surface area contributed by atoms with Crippen molar-refractivity contribution in [1.82, 2.24) is 10.2 Å². The van der Waals surface area contributed by atoms with Crippen LogP contribution in [0.2, 0.25) is 0 Å². The number of methoxy groups -OCH3 is 2. The van der Waals surface area contributed by atoms with Crippen LogP contribution in [0, 0.1) is 0 Å². The third-order valence-electron chi connectivity index (χ3n) is 2.27. The Morgan fingerprint density at radius 3 is 2.24 bits per heavy atom. The molecule has 0 fully saturated rings. The number of nitrogens with zero attached hydrogens (tertiary/aromatic N) is 2. The Hall–Kier alpha value is -1.37. The molecule has 0 aliphatic rings. The van der Waals surface area contributed by atoms with Crippen LogP contribution in [0.1, 0.15) is 11.9 Å². The van der Waals surface area contributed by atoms with Crippen LogP contribution in [0.4, 0.5) is 0 Å². The largest absolute Gasteiger partial charge is 0.411 e. The zero-order valence-corrected chi connectivity index (χ0v) is 10.3. The van der Waals surface area contributed by atoms with E-state index in [0.717, 1.165) is 11.1 Å². The van der Waals surface area contributed by atoms with E-state index >= 15 is 0 Å². The molecule has 1 heterocycles. The van der Waals surface area contributed by atoms with Crippen LogP contribution in [0.3, 0.4) is 0 Å². The Balaban J connectivity index is 2.23. The Labute approximate surface area is 104 Å². The predicted octanol–water partition coefficient (Wildman–Crippen LogP) is 2.32. The van der Waals surface area contributed by atoms with Gasteiger partial charge < -0.3 is 13.9 Å². The molecule has 0 amide bonds. The number of ether oxygens (including phenoxy) is 2. The molecule has 6 heteroatoms. The van der Waals surface area contributed by atoms with Gasteiger partial charge in [-0.25, -0.2) is 0 Å². The first kappa shape index (κ1) is 12.1. The first-order valence-electron chi connectivity index (χ1n) is 4.93. The number of hydrogen-bond acceptors (Lipinski definition) is 6. The number of hydrogen-bond donors (Lipinski definition) is 1. The lowest BCUT2D eigenvalue weighted by atomic mass is 10.1. The van der Waals surface area contributed by atoms with E-state index < -0.39 is 0 Å². The van der Waals surface area contributed by atoms with Gasteiger partial charge in [0.1, 0.15) is 0 Å². The molecule has 0 saturated heterocycles. The summed E-state index contributed by atoms with van der Waals surface area (Å²) in [6.45, 7) is 0. The molecule has 0 aliphatic heterocycles. The van der Waals surface area contributed by atoms with Crippen molar-refractivity contribution in [2.75, 3.05) is 14.2 Å². The van der Waals surface area contributed by atoms with E-state index in [2.05, 4.69) is 22.8 Å². The molecule has 0 spiro atoms. The van der Waals surface area contributed by atoms with Crippen LogP contribution < -0.4 is 0 Å². The van der Waals surface area contributed by atoms with Gasteiger partial charge in [0.2, 0.25) is 5.89 Å². The lowest BCUT2D eigenvalue weighted by molar-refractivity contribution is -0.106. The van der Waals surface area contributed by atoms with Crippen molar-refractivity contribution < 1.29 is 13.9 Å². The Morgan fingerprint density at radius 2 is 1.76 bits per heavy atom. The highest BCUT2D eigenvalue weighted by Gasteiger charge is 2.10. The van der Waals surface area contributed by atoms with Crippen LogP contribution in [-0.4, -0.2) is 24.4 Å². The third-order valence-corrected chi connectivity index (χ3v) is 2.45. The number of aromatic nitrogens is 2. The second-order valence-electron chi connectivity index (χ2n) is 3.32. The standard InChI is InChI=1S/C11H12N2O3S/c1-14-10(15-2)8-5-3-7(4-6-8)9-12-13-11(17)16-9/h3-6,10H,1-2H3,(H,13,17). The average molecular weight is 252 g/mol. The molecule has 0 atom stereocenters. The maximum absolute atomic E-state index is 5.20. The summed E-state index contributed by atoms with van der Waals surface area (Å²) in [4.78, 5) is 0. The van der Waals surface area contributed by atoms with Crippen molar-refractivity contribution in [3.8, 4) is 11.5 Å². The van der Waals surface area contributed by atoms with Crippen molar-refractivity contribution in [1.29, 1.82) is 0 Å². The van der Waals surface area contributed by atoms with Gasteiger partial charge in [0, 0.05) is 25.3 Å². The minimum Gasteiger partial charge on any atom is -0.411 e. The van der Waals surface area contributed by atoms with Crippen LogP contribution in [0.5, 0.6) is 0 Å². The van der Waals surface area contributed by atoms with Crippen LogP contribution in [0.15, 0.2) is 33.9 Å². The summed E-state index contributed by atoms with van der Waals surface area (Å²) in [5.41, 5.74) is 1.75. The molecule has 0 saturated carbocycles. The SMILES string of the molecule is COC(OC)c1ccc(-c2nnc(S)o2)cc1. The second-order valence-corrected chi connectivity index (χ2v) is 3.70. The summed E-state index contributed by atoms with van der Waals surface area (Å²) >= 11 is 3.96. The topological polar surface area (TPSA) is 57.4 Å². The van der Waals surface area contributed by atoms with Gasteiger partial charge >= 0.3 is 0 Å². The molecular weight excluding hydrogens is 240 g/mol. The van der Waals surface area contributed by atoms with Gasteiger partial charge in [-0.2, -0.15) is 0 Å². The number of benzene rings is 1. The zero-order valence-electron chi connectivity index (χ0n) is 9.45. The monoisotopic (exact) mass is 252 g/mol. The first-order chi connectivity index (χ1) is 8.24. The molecule has 90 valence electrons. The highest BCUT2D eigenvalue weighted by molar-refractivity contribution is 7.80. The molecule has 0 radical (unpaired) electrons. The fourth-order valence-electron chi connectivity index (χ4n) is 1.48. The quantitative estimate of drug-likeness (QED) is 0.668. The highest BCUT2D eigenvalue weighted by atomic mass is 32.1. The van der Waals surface area contributed by atoms with Gasteiger partial charge in [0.05, 0.1) is 0 Å². The maximum atomic E-state index is 5.20. The third kappa shape index (κ3) is 2.66. The lowest BCUT2D eigenvalue weighted by Crippen LogP contribution is -2.03. The van der Waals surface area contributed by atoms with E-state index in [4.69, 9.17) is 13.9 Å². The van der Waals surface area contributed by atoms with E-state index in [9.17, 15) is 0 Å². The molecule has 1 aromatic heterocycles. The number of thiol groups is 1. The molecule has 2 aromatic rings. The Bertz CT molecular complexity index is 480. The summed E-state index contributed by atoms with van der Waals surface area (Å²) in [6, 6.07) is 7.49. The van der Waals surface area contributed by atoms with E-state index in [0.29, 0.717) is 5.89 Å². The van der Waals surface area contributed by atoms with Crippen molar-refractivity contribution in [3.63, 3.8) is 0 Å². The minimum absolute atomic E-state index is 0.246. The molecule has 0 bridgehead atoms. The van der Waals surface area contributed by atoms with E-state index in [1.54, 1.807) is 14.2 Å². The molecule has 17 heavy (non-hydrogen) atoms. The fraction of sp³-hybridized carbons (Fsp3) is 0.273. The van der Waals surface area contributed by atoms with E-state index in [1.807, 2.05) is 24.3 Å². The smallest absolute Gasteiger partial charge is 0.273 e. The molecule has 2 rings (SSSR count). The maximum Gasteiger partial charge on any atom is 0.273 e. The van der Waals surface area contributed by atoms with Crippen molar-refractivity contribution in [2.45, 2.75) is 11.5 Å². The Morgan fingerprint density at radius 1 is 1.12 bits per heavy atom.